The fourth-order valence-corrected chi connectivity index (χ4v) is 1.79. The predicted molar refractivity (Wildman–Crippen MR) is 68.9 cm³/mol. The van der Waals surface area contributed by atoms with E-state index in [4.69, 9.17) is 10.5 Å². The van der Waals surface area contributed by atoms with E-state index < -0.39 is 5.97 Å². The minimum absolute atomic E-state index is 0.368. The van der Waals surface area contributed by atoms with Crippen molar-refractivity contribution in [2.45, 2.75) is 0 Å². The Morgan fingerprint density at radius 3 is 2.76 bits per heavy atom. The highest BCUT2D eigenvalue weighted by molar-refractivity contribution is 9.10. The van der Waals surface area contributed by atoms with E-state index in [0.717, 1.165) is 4.47 Å². The molecule has 1 aromatic carbocycles. The molecule has 0 aliphatic rings. The Hall–Kier alpha value is -1.75. The highest BCUT2D eigenvalue weighted by Crippen LogP contribution is 2.20. The third kappa shape index (κ3) is 2.50. The number of benzene rings is 1. The van der Waals surface area contributed by atoms with Gasteiger partial charge in [0.05, 0.1) is 0 Å². The maximum Gasteiger partial charge on any atom is 0.347 e. The van der Waals surface area contributed by atoms with E-state index in [2.05, 4.69) is 15.9 Å². The van der Waals surface area contributed by atoms with Gasteiger partial charge in [-0.2, -0.15) is 0 Å². The zero-order chi connectivity index (χ0) is 12.4. The Morgan fingerprint density at radius 2 is 2.18 bits per heavy atom. The monoisotopic (exact) mass is 294 g/mol. The van der Waals surface area contributed by atoms with Gasteiger partial charge in [0, 0.05) is 17.7 Å². The molecule has 2 rings (SSSR count). The Morgan fingerprint density at radius 1 is 1.41 bits per heavy atom. The van der Waals surface area contributed by atoms with Crippen LogP contribution < -0.4 is 10.5 Å². The van der Waals surface area contributed by atoms with Crippen LogP contribution in [0.15, 0.2) is 41.0 Å². The molecule has 0 bridgehead atoms. The molecule has 2 N–H and O–H groups in total. The Kier molecular flexibility index (Phi) is 3.19. The van der Waals surface area contributed by atoms with Gasteiger partial charge in [0.25, 0.3) is 0 Å². The largest absolute Gasteiger partial charge is 0.423 e. The van der Waals surface area contributed by atoms with Crippen molar-refractivity contribution in [3.8, 4) is 5.75 Å². The van der Waals surface area contributed by atoms with Crippen LogP contribution in [-0.4, -0.2) is 10.5 Å². The van der Waals surface area contributed by atoms with Crippen molar-refractivity contribution in [2.75, 3.05) is 5.73 Å². The molecule has 0 unspecified atom stereocenters. The summed E-state index contributed by atoms with van der Waals surface area (Å²) in [6.07, 6.45) is 1.72. The van der Waals surface area contributed by atoms with Gasteiger partial charge in [0.1, 0.15) is 17.1 Å². The molecule has 1 heterocycles. The van der Waals surface area contributed by atoms with Gasteiger partial charge in [-0.05, 0) is 24.3 Å². The van der Waals surface area contributed by atoms with E-state index in [1.165, 1.54) is 0 Å². The number of ether oxygens (including phenoxy) is 1. The van der Waals surface area contributed by atoms with Crippen LogP contribution >= 0.6 is 15.9 Å². The van der Waals surface area contributed by atoms with Crippen LogP contribution in [0.3, 0.4) is 0 Å². The maximum atomic E-state index is 11.8. The van der Waals surface area contributed by atoms with Gasteiger partial charge in [-0.15, -0.1) is 0 Å². The summed E-state index contributed by atoms with van der Waals surface area (Å²) in [5, 5.41) is 0. The number of rotatable bonds is 2. The second-order valence-corrected chi connectivity index (χ2v) is 4.49. The summed E-state index contributed by atoms with van der Waals surface area (Å²) in [7, 11) is 1.77. The number of esters is 1. The van der Waals surface area contributed by atoms with Gasteiger partial charge in [-0.1, -0.05) is 22.0 Å². The van der Waals surface area contributed by atoms with Crippen molar-refractivity contribution in [1.29, 1.82) is 0 Å². The number of hydrogen-bond donors (Lipinski definition) is 1. The predicted octanol–water partition coefficient (Wildman–Crippen LogP) is 2.59. The van der Waals surface area contributed by atoms with Crippen molar-refractivity contribution < 1.29 is 9.53 Å². The van der Waals surface area contributed by atoms with Crippen LogP contribution in [0.5, 0.6) is 5.75 Å². The van der Waals surface area contributed by atoms with Gasteiger partial charge < -0.3 is 15.0 Å². The van der Waals surface area contributed by atoms with Gasteiger partial charge in [-0.3, -0.25) is 0 Å². The van der Waals surface area contributed by atoms with Gasteiger partial charge in [0.2, 0.25) is 0 Å². The first-order valence-electron chi connectivity index (χ1n) is 4.96. The normalized spacial score (nSPS) is 10.2. The molecule has 0 spiro atoms. The summed E-state index contributed by atoms with van der Waals surface area (Å²) in [6.45, 7) is 0. The molecule has 0 fully saturated rings. The Balaban J connectivity index is 2.20. The molecule has 88 valence electrons. The molecular formula is C12H11BrN2O2. The van der Waals surface area contributed by atoms with Crippen molar-refractivity contribution >= 4 is 27.7 Å². The van der Waals surface area contributed by atoms with Gasteiger partial charge in [0.15, 0.2) is 0 Å². The Bertz CT molecular complexity index is 563. The van der Waals surface area contributed by atoms with E-state index in [-0.39, 0.29) is 0 Å². The third-order valence-corrected chi connectivity index (χ3v) is 2.84. The summed E-state index contributed by atoms with van der Waals surface area (Å²) < 4.78 is 7.73. The lowest BCUT2D eigenvalue weighted by atomic mass is 10.3. The number of carbonyl (C=O) groups is 1. The molecule has 0 saturated carbocycles. The zero-order valence-electron chi connectivity index (χ0n) is 9.18. The highest BCUT2D eigenvalue weighted by Gasteiger charge is 2.14. The zero-order valence-corrected chi connectivity index (χ0v) is 10.8. The van der Waals surface area contributed by atoms with Crippen LogP contribution in [0.25, 0.3) is 0 Å². The van der Waals surface area contributed by atoms with Crippen LogP contribution in [0.1, 0.15) is 10.4 Å². The Labute approximate surface area is 107 Å². The molecule has 0 aliphatic carbocycles. The number of anilines is 1. The van der Waals surface area contributed by atoms with Gasteiger partial charge >= 0.3 is 5.97 Å². The number of carbonyl (C=O) groups excluding carboxylic acids is 1. The summed E-state index contributed by atoms with van der Waals surface area (Å²) in [6, 6.07) is 8.71. The smallest absolute Gasteiger partial charge is 0.347 e. The van der Waals surface area contributed by atoms with E-state index in [9.17, 15) is 4.79 Å². The van der Waals surface area contributed by atoms with E-state index in [1.807, 2.05) is 6.07 Å². The molecule has 0 amide bonds. The van der Waals surface area contributed by atoms with Crippen LogP contribution in [0.4, 0.5) is 5.82 Å². The quantitative estimate of drug-likeness (QED) is 0.684. The number of nitrogens with two attached hydrogens (primary N) is 1. The molecule has 1 aromatic heterocycles. The van der Waals surface area contributed by atoms with Crippen molar-refractivity contribution in [3.63, 3.8) is 0 Å². The second kappa shape index (κ2) is 4.63. The van der Waals surface area contributed by atoms with E-state index in [1.54, 1.807) is 42.1 Å². The molecule has 0 radical (unpaired) electrons. The average Bonchev–Trinajstić information content (AvgIpc) is 2.60. The van der Waals surface area contributed by atoms with Crippen LogP contribution in [-0.2, 0) is 7.05 Å². The lowest BCUT2D eigenvalue weighted by molar-refractivity contribution is 0.0736. The molecule has 0 saturated heterocycles. The molecule has 17 heavy (non-hydrogen) atoms. The van der Waals surface area contributed by atoms with Gasteiger partial charge in [-0.25, -0.2) is 4.79 Å². The second-order valence-electron chi connectivity index (χ2n) is 3.57. The minimum atomic E-state index is -0.457. The molecule has 4 nitrogen and oxygen atoms in total. The lowest BCUT2D eigenvalue weighted by Gasteiger charge is -2.04. The fraction of sp³-hybridized carbons (Fsp3) is 0.0833. The highest BCUT2D eigenvalue weighted by atomic mass is 79.9. The topological polar surface area (TPSA) is 57.2 Å². The summed E-state index contributed by atoms with van der Waals surface area (Å²) in [5.74, 6) is 0.416. The third-order valence-electron chi connectivity index (χ3n) is 2.35. The number of nitrogens with zero attached hydrogens (tertiary/aromatic N) is 1. The average molecular weight is 295 g/mol. The first-order valence-corrected chi connectivity index (χ1v) is 5.76. The summed E-state index contributed by atoms with van der Waals surface area (Å²) in [5.41, 5.74) is 6.11. The van der Waals surface area contributed by atoms with E-state index in [0.29, 0.717) is 17.1 Å². The maximum absolute atomic E-state index is 11.8. The molecule has 2 aromatic rings. The van der Waals surface area contributed by atoms with Crippen molar-refractivity contribution in [2.24, 2.45) is 7.05 Å². The summed E-state index contributed by atoms with van der Waals surface area (Å²) in [4.78, 5) is 11.8. The molecular weight excluding hydrogens is 284 g/mol. The summed E-state index contributed by atoms with van der Waals surface area (Å²) >= 11 is 3.31. The SMILES string of the molecule is Cn1ccc(C(=O)Oc2cccc(Br)c2)c1N. The number of aromatic nitrogens is 1. The number of hydrogen-bond acceptors (Lipinski definition) is 3. The van der Waals surface area contributed by atoms with Crippen LogP contribution in [0, 0.1) is 0 Å². The van der Waals surface area contributed by atoms with Crippen molar-refractivity contribution in [1.82, 2.24) is 4.57 Å². The van der Waals surface area contributed by atoms with Crippen molar-refractivity contribution in [3.05, 3.63) is 46.6 Å². The van der Waals surface area contributed by atoms with Crippen LogP contribution in [0.2, 0.25) is 0 Å². The fourth-order valence-electron chi connectivity index (χ4n) is 1.41. The molecule has 0 atom stereocenters. The minimum Gasteiger partial charge on any atom is -0.423 e. The number of nitrogen functional groups attached to an aromatic ring is 1. The molecule has 0 aliphatic heterocycles. The first kappa shape index (κ1) is 11.7. The first-order chi connectivity index (χ1) is 8.08. The number of aryl methyl sites for hydroxylation is 1. The van der Waals surface area contributed by atoms with E-state index >= 15 is 0 Å². The number of halogens is 1. The molecule has 5 heteroatoms. The standard InChI is InChI=1S/C12H11BrN2O2/c1-15-6-5-10(11(15)14)12(16)17-9-4-2-3-8(13)7-9/h2-7H,14H2,1H3. The lowest BCUT2D eigenvalue weighted by Crippen LogP contribution is -2.10.